The van der Waals surface area contributed by atoms with Crippen LogP contribution in [-0.4, -0.2) is 25.5 Å². The van der Waals surface area contributed by atoms with Crippen LogP contribution in [0.3, 0.4) is 0 Å². The van der Waals surface area contributed by atoms with Crippen LogP contribution in [0, 0.1) is 11.8 Å². The number of hydrogen-bond acceptors (Lipinski definition) is 4. The summed E-state index contributed by atoms with van der Waals surface area (Å²) >= 11 is 0. The number of Topliss-reactive ketones (excluding diaryl/α,β-unsaturated/α-hetero) is 1. The Morgan fingerprint density at radius 2 is 1.90 bits per heavy atom. The van der Waals surface area contributed by atoms with E-state index >= 15 is 0 Å². The number of carbonyl (C=O) groups excluding carboxylic acids is 1. The molecule has 108 valence electrons. The average molecular weight is 275 g/mol. The number of nitrogens with two attached hydrogens (primary N) is 1. The smallest absolute Gasteiger partial charge is 0.166 e. The zero-order chi connectivity index (χ0) is 13.9. The molecule has 2 unspecified atom stereocenters. The summed E-state index contributed by atoms with van der Waals surface area (Å²) in [6.45, 7) is 1.71. The summed E-state index contributed by atoms with van der Waals surface area (Å²) in [7, 11) is 0. The van der Waals surface area contributed by atoms with Gasteiger partial charge in [0, 0.05) is 11.5 Å². The number of ketones is 1. The third-order valence-electron chi connectivity index (χ3n) is 4.38. The van der Waals surface area contributed by atoms with E-state index in [2.05, 4.69) is 0 Å². The van der Waals surface area contributed by atoms with Crippen molar-refractivity contribution >= 4 is 5.78 Å². The summed E-state index contributed by atoms with van der Waals surface area (Å²) in [6, 6.07) is 5.50. The van der Waals surface area contributed by atoms with Crippen molar-refractivity contribution in [2.45, 2.75) is 25.7 Å². The molecule has 2 aliphatic rings. The molecule has 1 aliphatic carbocycles. The lowest BCUT2D eigenvalue weighted by Gasteiger charge is -2.29. The highest BCUT2D eigenvalue weighted by Crippen LogP contribution is 2.35. The SMILES string of the molecule is NCC1CCCCC1C(=O)c1ccc2c(c1)OCCO2. The van der Waals surface area contributed by atoms with E-state index in [0.717, 1.165) is 30.6 Å². The molecule has 20 heavy (non-hydrogen) atoms. The first-order valence-corrected chi connectivity index (χ1v) is 7.43. The molecule has 1 aromatic carbocycles. The topological polar surface area (TPSA) is 61.6 Å². The van der Waals surface area contributed by atoms with E-state index in [1.165, 1.54) is 6.42 Å². The molecule has 2 N–H and O–H groups in total. The van der Waals surface area contributed by atoms with Crippen LogP contribution in [0.25, 0.3) is 0 Å². The van der Waals surface area contributed by atoms with Crippen LogP contribution in [0.5, 0.6) is 11.5 Å². The average Bonchev–Trinajstić information content (AvgIpc) is 2.53. The summed E-state index contributed by atoms with van der Waals surface area (Å²) in [5, 5.41) is 0. The second-order valence-corrected chi connectivity index (χ2v) is 5.61. The number of hydrogen-bond donors (Lipinski definition) is 1. The lowest BCUT2D eigenvalue weighted by atomic mass is 9.75. The van der Waals surface area contributed by atoms with Gasteiger partial charge in [-0.2, -0.15) is 0 Å². The molecule has 1 aliphatic heterocycles. The van der Waals surface area contributed by atoms with Crippen molar-refractivity contribution < 1.29 is 14.3 Å². The summed E-state index contributed by atoms with van der Waals surface area (Å²) < 4.78 is 11.0. The van der Waals surface area contributed by atoms with Crippen molar-refractivity contribution in [3.05, 3.63) is 23.8 Å². The van der Waals surface area contributed by atoms with Gasteiger partial charge in [0.1, 0.15) is 13.2 Å². The second kappa shape index (κ2) is 5.83. The predicted octanol–water partition coefficient (Wildman–Crippen LogP) is 2.41. The van der Waals surface area contributed by atoms with Crippen LogP contribution in [0.15, 0.2) is 18.2 Å². The monoisotopic (exact) mass is 275 g/mol. The molecule has 1 heterocycles. The molecule has 0 spiro atoms. The molecule has 1 fully saturated rings. The van der Waals surface area contributed by atoms with E-state index in [1.807, 2.05) is 18.2 Å². The van der Waals surface area contributed by atoms with Crippen molar-refractivity contribution in [1.82, 2.24) is 0 Å². The minimum absolute atomic E-state index is 0.0660. The zero-order valence-corrected chi connectivity index (χ0v) is 11.6. The molecule has 1 saturated carbocycles. The van der Waals surface area contributed by atoms with E-state index < -0.39 is 0 Å². The molecule has 3 rings (SSSR count). The molecule has 4 heteroatoms. The number of carbonyl (C=O) groups is 1. The molecule has 0 amide bonds. The van der Waals surface area contributed by atoms with Crippen molar-refractivity contribution in [1.29, 1.82) is 0 Å². The van der Waals surface area contributed by atoms with Gasteiger partial charge in [0.25, 0.3) is 0 Å². The van der Waals surface area contributed by atoms with Crippen LogP contribution in [-0.2, 0) is 0 Å². The highest BCUT2D eigenvalue weighted by atomic mass is 16.6. The minimum Gasteiger partial charge on any atom is -0.486 e. The molecular weight excluding hydrogens is 254 g/mol. The van der Waals surface area contributed by atoms with Crippen LogP contribution < -0.4 is 15.2 Å². The standard InChI is InChI=1S/C16H21NO3/c17-10-12-3-1-2-4-13(12)16(18)11-5-6-14-15(9-11)20-8-7-19-14/h5-6,9,12-13H,1-4,7-8,10,17H2. The van der Waals surface area contributed by atoms with Gasteiger partial charge in [-0.1, -0.05) is 12.8 Å². The Morgan fingerprint density at radius 1 is 1.15 bits per heavy atom. The Kier molecular flexibility index (Phi) is 3.92. The van der Waals surface area contributed by atoms with E-state index in [-0.39, 0.29) is 11.7 Å². The van der Waals surface area contributed by atoms with E-state index in [1.54, 1.807) is 0 Å². The normalized spacial score (nSPS) is 25.2. The van der Waals surface area contributed by atoms with Gasteiger partial charge in [0.05, 0.1) is 0 Å². The Hall–Kier alpha value is -1.55. The second-order valence-electron chi connectivity index (χ2n) is 5.61. The summed E-state index contributed by atoms with van der Waals surface area (Å²) in [4.78, 5) is 12.7. The summed E-state index contributed by atoms with van der Waals surface area (Å²) in [6.07, 6.45) is 4.33. The van der Waals surface area contributed by atoms with Gasteiger partial charge in [0.15, 0.2) is 17.3 Å². The van der Waals surface area contributed by atoms with E-state index in [0.29, 0.717) is 31.4 Å². The van der Waals surface area contributed by atoms with Gasteiger partial charge in [-0.3, -0.25) is 4.79 Å². The van der Waals surface area contributed by atoms with Gasteiger partial charge in [0.2, 0.25) is 0 Å². The molecule has 4 nitrogen and oxygen atoms in total. The van der Waals surface area contributed by atoms with E-state index in [9.17, 15) is 4.79 Å². The highest BCUT2D eigenvalue weighted by Gasteiger charge is 2.31. The molecule has 2 atom stereocenters. The fourth-order valence-electron chi connectivity index (χ4n) is 3.25. The van der Waals surface area contributed by atoms with Crippen molar-refractivity contribution in [2.24, 2.45) is 17.6 Å². The molecule has 0 saturated heterocycles. The lowest BCUT2D eigenvalue weighted by Crippen LogP contribution is -2.32. The van der Waals surface area contributed by atoms with Crippen molar-refractivity contribution in [3.63, 3.8) is 0 Å². The van der Waals surface area contributed by atoms with Gasteiger partial charge in [-0.05, 0) is 43.5 Å². The van der Waals surface area contributed by atoms with E-state index in [4.69, 9.17) is 15.2 Å². The largest absolute Gasteiger partial charge is 0.486 e. The fraction of sp³-hybridized carbons (Fsp3) is 0.562. The van der Waals surface area contributed by atoms with Gasteiger partial charge in [-0.25, -0.2) is 0 Å². The minimum atomic E-state index is 0.0660. The zero-order valence-electron chi connectivity index (χ0n) is 11.6. The molecule has 0 radical (unpaired) electrons. The first kappa shape index (κ1) is 13.4. The lowest BCUT2D eigenvalue weighted by molar-refractivity contribution is 0.0828. The maximum absolute atomic E-state index is 12.7. The molecule has 0 bridgehead atoms. The maximum Gasteiger partial charge on any atom is 0.166 e. The van der Waals surface area contributed by atoms with Crippen LogP contribution in [0.1, 0.15) is 36.0 Å². The number of ether oxygens (including phenoxy) is 2. The Morgan fingerprint density at radius 3 is 2.70 bits per heavy atom. The van der Waals surface area contributed by atoms with Crippen LogP contribution in [0.2, 0.25) is 0 Å². The number of rotatable bonds is 3. The summed E-state index contributed by atoms with van der Waals surface area (Å²) in [5.74, 6) is 2.01. The Labute approximate surface area is 119 Å². The maximum atomic E-state index is 12.7. The number of fused-ring (bicyclic) bond motifs is 1. The molecular formula is C16H21NO3. The van der Waals surface area contributed by atoms with Crippen molar-refractivity contribution in [2.75, 3.05) is 19.8 Å². The van der Waals surface area contributed by atoms with Crippen LogP contribution in [0.4, 0.5) is 0 Å². The van der Waals surface area contributed by atoms with Gasteiger partial charge >= 0.3 is 0 Å². The van der Waals surface area contributed by atoms with Gasteiger partial charge in [-0.15, -0.1) is 0 Å². The first-order chi connectivity index (χ1) is 9.79. The molecule has 0 aromatic heterocycles. The number of benzene rings is 1. The van der Waals surface area contributed by atoms with Crippen LogP contribution >= 0.6 is 0 Å². The molecule has 1 aromatic rings. The third kappa shape index (κ3) is 2.52. The van der Waals surface area contributed by atoms with Crippen molar-refractivity contribution in [3.8, 4) is 11.5 Å². The Balaban J connectivity index is 1.82. The Bertz CT molecular complexity index is 500. The van der Waals surface area contributed by atoms with Gasteiger partial charge < -0.3 is 15.2 Å². The third-order valence-corrected chi connectivity index (χ3v) is 4.38. The summed E-state index contributed by atoms with van der Waals surface area (Å²) in [5.41, 5.74) is 6.55. The first-order valence-electron chi connectivity index (χ1n) is 7.43. The quantitative estimate of drug-likeness (QED) is 0.860. The highest BCUT2D eigenvalue weighted by molar-refractivity contribution is 5.98. The fourth-order valence-corrected chi connectivity index (χ4v) is 3.25. The predicted molar refractivity (Wildman–Crippen MR) is 76.3 cm³/mol.